The van der Waals surface area contributed by atoms with E-state index in [1.54, 1.807) is 42.6 Å². The summed E-state index contributed by atoms with van der Waals surface area (Å²) < 4.78 is 17.1. The zero-order valence-corrected chi connectivity index (χ0v) is 24.6. The average molecular weight is 573 g/mol. The summed E-state index contributed by atoms with van der Waals surface area (Å²) in [7, 11) is 5.42. The van der Waals surface area contributed by atoms with Gasteiger partial charge >= 0.3 is 6.09 Å². The molecule has 0 radical (unpaired) electrons. The predicted molar refractivity (Wildman–Crippen MR) is 163 cm³/mol. The number of anilines is 3. The molecule has 4 aromatic rings. The Morgan fingerprint density at radius 1 is 0.929 bits per heavy atom. The van der Waals surface area contributed by atoms with E-state index in [0.29, 0.717) is 40.9 Å². The van der Waals surface area contributed by atoms with Gasteiger partial charge in [-0.2, -0.15) is 4.98 Å². The van der Waals surface area contributed by atoms with E-state index in [1.165, 1.54) is 7.11 Å². The first-order valence-corrected chi connectivity index (χ1v) is 13.4. The van der Waals surface area contributed by atoms with E-state index in [0.717, 1.165) is 17.3 Å². The minimum absolute atomic E-state index is 0.187. The van der Waals surface area contributed by atoms with E-state index in [1.807, 2.05) is 64.0 Å². The van der Waals surface area contributed by atoms with Crippen LogP contribution < -0.4 is 25.4 Å². The second kappa shape index (κ2) is 13.2. The van der Waals surface area contributed by atoms with Gasteiger partial charge in [-0.05, 0) is 65.2 Å². The van der Waals surface area contributed by atoms with Crippen LogP contribution in [0.2, 0.25) is 0 Å². The Kier molecular flexibility index (Phi) is 9.43. The molecule has 0 aliphatic carbocycles. The summed E-state index contributed by atoms with van der Waals surface area (Å²) in [5.41, 5.74) is 1.04. The number of rotatable bonds is 10. The lowest BCUT2D eigenvalue weighted by Gasteiger charge is -2.20. The third kappa shape index (κ3) is 8.07. The van der Waals surface area contributed by atoms with Crippen LogP contribution >= 0.6 is 0 Å². The van der Waals surface area contributed by atoms with Crippen molar-refractivity contribution in [1.82, 2.24) is 20.2 Å². The number of nitrogens with zero attached hydrogens (tertiary/aromatic N) is 3. The largest absolute Gasteiger partial charge is 0.495 e. The maximum absolute atomic E-state index is 12.5. The van der Waals surface area contributed by atoms with Crippen LogP contribution in [-0.2, 0) is 4.74 Å². The number of hydrogen-bond donors (Lipinski definition) is 3. The third-order valence-corrected chi connectivity index (χ3v) is 5.92. The van der Waals surface area contributed by atoms with Crippen molar-refractivity contribution < 1.29 is 23.8 Å². The van der Waals surface area contributed by atoms with Gasteiger partial charge in [0.05, 0.1) is 18.5 Å². The highest BCUT2D eigenvalue weighted by atomic mass is 16.6. The Labute approximate surface area is 245 Å². The fourth-order valence-corrected chi connectivity index (χ4v) is 4.01. The zero-order valence-electron chi connectivity index (χ0n) is 24.6. The average Bonchev–Trinajstić information content (AvgIpc) is 2.93. The Bertz CT molecular complexity index is 1570. The maximum atomic E-state index is 12.5. The summed E-state index contributed by atoms with van der Waals surface area (Å²) in [6, 6.07) is 17.8. The number of likely N-dealkylation sites (N-methyl/N-ethyl adjacent to an activating group) is 1. The number of ether oxygens (including phenoxy) is 3. The number of amides is 2. The molecule has 3 N–H and O–H groups in total. The second-order valence-corrected chi connectivity index (χ2v) is 10.7. The van der Waals surface area contributed by atoms with Crippen LogP contribution in [0.25, 0.3) is 10.8 Å². The van der Waals surface area contributed by atoms with Crippen LogP contribution in [0.15, 0.2) is 66.9 Å². The summed E-state index contributed by atoms with van der Waals surface area (Å²) in [6.45, 7) is 6.70. The Morgan fingerprint density at radius 2 is 1.67 bits per heavy atom. The Balaban J connectivity index is 1.51. The molecule has 3 aromatic carbocycles. The molecule has 11 heteroatoms. The number of methoxy groups -OCH3 is 1. The van der Waals surface area contributed by atoms with Crippen LogP contribution in [0, 0.1) is 0 Å². The van der Waals surface area contributed by atoms with Crippen LogP contribution in [-0.4, -0.2) is 66.8 Å². The molecule has 220 valence electrons. The van der Waals surface area contributed by atoms with Gasteiger partial charge in [-0.15, -0.1) is 0 Å². The number of fused-ring (bicyclic) bond motifs is 1. The number of hydrogen-bond acceptors (Lipinski definition) is 9. The van der Waals surface area contributed by atoms with Gasteiger partial charge in [-0.3, -0.25) is 10.1 Å². The van der Waals surface area contributed by atoms with E-state index in [2.05, 4.69) is 25.9 Å². The van der Waals surface area contributed by atoms with Crippen molar-refractivity contribution in [3.63, 3.8) is 0 Å². The molecule has 0 fully saturated rings. The van der Waals surface area contributed by atoms with E-state index in [9.17, 15) is 9.59 Å². The maximum Gasteiger partial charge on any atom is 0.412 e. The van der Waals surface area contributed by atoms with Crippen LogP contribution in [0.3, 0.4) is 0 Å². The molecule has 0 unspecified atom stereocenters. The molecule has 1 heterocycles. The standard InChI is InChI=1S/C31H36N6O5/c1-31(2,3)42-30(39)35-23-13-14-25(22-10-8-7-9-21(22)23)41-27-15-16-33-29(36-27)34-24-12-11-20(19-26(24)40-6)28(38)32-17-18-37(4)5/h7-16,19H,17-18H2,1-6H3,(H,32,38)(H,35,39)(H,33,34,36). The number of carbonyl (C=O) groups is 2. The molecule has 0 spiro atoms. The van der Waals surface area contributed by atoms with Gasteiger partial charge < -0.3 is 29.7 Å². The molecule has 0 bridgehead atoms. The van der Waals surface area contributed by atoms with Gasteiger partial charge in [0, 0.05) is 41.7 Å². The molecule has 0 saturated heterocycles. The first-order chi connectivity index (χ1) is 20.0. The van der Waals surface area contributed by atoms with E-state index in [4.69, 9.17) is 14.2 Å². The van der Waals surface area contributed by atoms with Crippen LogP contribution in [0.4, 0.5) is 22.1 Å². The Morgan fingerprint density at radius 3 is 2.38 bits per heavy atom. The molecule has 0 saturated carbocycles. The minimum Gasteiger partial charge on any atom is -0.495 e. The van der Waals surface area contributed by atoms with Crippen molar-refractivity contribution >= 4 is 40.1 Å². The number of benzene rings is 3. The third-order valence-electron chi connectivity index (χ3n) is 5.92. The first kappa shape index (κ1) is 30.1. The minimum atomic E-state index is -0.617. The molecule has 0 aliphatic rings. The second-order valence-electron chi connectivity index (χ2n) is 10.7. The predicted octanol–water partition coefficient (Wildman–Crippen LogP) is 5.81. The van der Waals surface area contributed by atoms with Gasteiger partial charge in [0.2, 0.25) is 11.8 Å². The molecular weight excluding hydrogens is 536 g/mol. The Hall–Kier alpha value is -4.90. The molecule has 1 aromatic heterocycles. The van der Waals surface area contributed by atoms with Crippen molar-refractivity contribution in [3.05, 3.63) is 72.4 Å². The number of aromatic nitrogens is 2. The van der Waals surface area contributed by atoms with E-state index in [-0.39, 0.29) is 11.9 Å². The van der Waals surface area contributed by atoms with Gasteiger partial charge in [-0.25, -0.2) is 9.78 Å². The fraction of sp³-hybridized carbons (Fsp3) is 0.290. The molecular formula is C31H36N6O5. The molecule has 2 amide bonds. The molecule has 0 aliphatic heterocycles. The monoisotopic (exact) mass is 572 g/mol. The molecule has 0 atom stereocenters. The molecule has 42 heavy (non-hydrogen) atoms. The van der Waals surface area contributed by atoms with E-state index >= 15 is 0 Å². The van der Waals surface area contributed by atoms with Crippen molar-refractivity contribution in [2.24, 2.45) is 0 Å². The van der Waals surface area contributed by atoms with Gasteiger partial charge in [-0.1, -0.05) is 24.3 Å². The van der Waals surface area contributed by atoms with E-state index < -0.39 is 11.7 Å². The number of nitrogens with one attached hydrogen (secondary N) is 3. The normalized spacial score (nSPS) is 11.2. The summed E-state index contributed by atoms with van der Waals surface area (Å²) in [4.78, 5) is 35.7. The topological polar surface area (TPSA) is 127 Å². The molecule has 4 rings (SSSR count). The highest BCUT2D eigenvalue weighted by Gasteiger charge is 2.18. The fourth-order valence-electron chi connectivity index (χ4n) is 4.01. The van der Waals surface area contributed by atoms with Gasteiger partial charge in [0.1, 0.15) is 17.1 Å². The van der Waals surface area contributed by atoms with Crippen molar-refractivity contribution in [2.75, 3.05) is 44.9 Å². The van der Waals surface area contributed by atoms with Crippen LogP contribution in [0.1, 0.15) is 31.1 Å². The molecule has 11 nitrogen and oxygen atoms in total. The lowest BCUT2D eigenvalue weighted by molar-refractivity contribution is 0.0636. The van der Waals surface area contributed by atoms with Crippen molar-refractivity contribution in [1.29, 1.82) is 0 Å². The lowest BCUT2D eigenvalue weighted by atomic mass is 10.1. The number of carbonyl (C=O) groups excluding carboxylic acids is 2. The summed E-state index contributed by atoms with van der Waals surface area (Å²) in [5.74, 6) is 1.41. The highest BCUT2D eigenvalue weighted by Crippen LogP contribution is 2.35. The quantitative estimate of drug-likeness (QED) is 0.216. The van der Waals surface area contributed by atoms with Crippen LogP contribution in [0.5, 0.6) is 17.4 Å². The first-order valence-electron chi connectivity index (χ1n) is 13.4. The van der Waals surface area contributed by atoms with Crippen molar-refractivity contribution in [3.8, 4) is 17.4 Å². The summed E-state index contributed by atoms with van der Waals surface area (Å²) in [6.07, 6.45) is 1.03. The van der Waals surface area contributed by atoms with Gasteiger partial charge in [0.25, 0.3) is 5.91 Å². The highest BCUT2D eigenvalue weighted by molar-refractivity contribution is 6.03. The summed E-state index contributed by atoms with van der Waals surface area (Å²) in [5, 5.41) is 10.4. The summed E-state index contributed by atoms with van der Waals surface area (Å²) >= 11 is 0. The zero-order chi connectivity index (χ0) is 30.3. The van der Waals surface area contributed by atoms with Gasteiger partial charge in [0.15, 0.2) is 0 Å². The van der Waals surface area contributed by atoms with Crippen molar-refractivity contribution in [2.45, 2.75) is 26.4 Å². The smallest absolute Gasteiger partial charge is 0.412 e. The SMILES string of the molecule is COc1cc(C(=O)NCCN(C)C)ccc1Nc1nccc(Oc2ccc(NC(=O)OC(C)(C)C)c3ccccc23)n1. The lowest BCUT2D eigenvalue weighted by Crippen LogP contribution is -2.31.